The van der Waals surface area contributed by atoms with Crippen LogP contribution < -0.4 is 10.1 Å². The molecule has 0 aliphatic rings. The van der Waals surface area contributed by atoms with E-state index in [1.165, 1.54) is 11.3 Å². The van der Waals surface area contributed by atoms with Gasteiger partial charge in [-0.15, -0.1) is 0 Å². The minimum atomic E-state index is -0.308. The second-order valence-electron chi connectivity index (χ2n) is 6.37. The zero-order valence-corrected chi connectivity index (χ0v) is 16.8. The number of hydrogen-bond acceptors (Lipinski definition) is 5. The fourth-order valence-electron chi connectivity index (χ4n) is 2.65. The highest BCUT2D eigenvalue weighted by molar-refractivity contribution is 7.22. The van der Waals surface area contributed by atoms with Crippen LogP contribution in [0, 0.1) is 13.8 Å². The number of rotatable bonds is 5. The molecule has 0 saturated heterocycles. The maximum atomic E-state index is 12.5. The van der Waals surface area contributed by atoms with Crippen molar-refractivity contribution in [2.75, 3.05) is 5.32 Å². The summed E-state index contributed by atoms with van der Waals surface area (Å²) in [5.74, 6) is 0.380. The summed E-state index contributed by atoms with van der Waals surface area (Å²) in [5.41, 5.74) is 3.25. The number of halogens is 1. The van der Waals surface area contributed by atoms with Crippen molar-refractivity contribution in [3.8, 4) is 5.75 Å². The van der Waals surface area contributed by atoms with Crippen LogP contribution in [0.4, 0.5) is 5.13 Å². The van der Waals surface area contributed by atoms with Gasteiger partial charge in [0.1, 0.15) is 5.75 Å². The number of ether oxygens (including phenoxy) is 1. The Morgan fingerprint density at radius 3 is 2.89 bits per heavy atom. The number of fused-ring (bicyclic) bond motifs is 1. The van der Waals surface area contributed by atoms with Gasteiger partial charge in [0.25, 0.3) is 5.91 Å². The van der Waals surface area contributed by atoms with Gasteiger partial charge in [-0.3, -0.25) is 10.1 Å². The summed E-state index contributed by atoms with van der Waals surface area (Å²) in [6, 6.07) is 13.1. The average Bonchev–Trinajstić information content (AvgIpc) is 3.29. The molecule has 2 heterocycles. The lowest BCUT2D eigenvalue weighted by Crippen LogP contribution is -2.14. The molecule has 2 aromatic heterocycles. The van der Waals surface area contributed by atoms with Gasteiger partial charge in [-0.05, 0) is 61.4 Å². The van der Waals surface area contributed by atoms with Crippen molar-refractivity contribution in [3.63, 3.8) is 0 Å². The van der Waals surface area contributed by atoms with Crippen molar-refractivity contribution in [1.29, 1.82) is 0 Å². The second kappa shape index (κ2) is 7.61. The predicted octanol–water partition coefficient (Wildman–Crippen LogP) is 5.05. The molecule has 8 heteroatoms. The smallest absolute Gasteiger partial charge is 0.277 e. The van der Waals surface area contributed by atoms with Crippen LogP contribution >= 0.6 is 22.9 Å². The van der Waals surface area contributed by atoms with E-state index < -0.39 is 0 Å². The Balaban J connectivity index is 1.41. The van der Waals surface area contributed by atoms with E-state index >= 15 is 0 Å². The summed E-state index contributed by atoms with van der Waals surface area (Å²) in [7, 11) is 0. The van der Waals surface area contributed by atoms with Gasteiger partial charge in [-0.25, -0.2) is 9.67 Å². The highest BCUT2D eigenvalue weighted by Crippen LogP contribution is 2.27. The predicted molar refractivity (Wildman–Crippen MR) is 111 cm³/mol. The van der Waals surface area contributed by atoms with Crippen LogP contribution in [0.25, 0.3) is 10.2 Å². The molecule has 0 aliphatic carbocycles. The summed E-state index contributed by atoms with van der Waals surface area (Å²) in [5, 5.41) is 8.30. The van der Waals surface area contributed by atoms with Crippen molar-refractivity contribution >= 4 is 44.2 Å². The number of nitrogens with one attached hydrogen (secondary N) is 1. The fourth-order valence-corrected chi connectivity index (χ4v) is 3.73. The highest BCUT2D eigenvalue weighted by Gasteiger charge is 2.13. The Morgan fingerprint density at radius 1 is 1.21 bits per heavy atom. The van der Waals surface area contributed by atoms with Crippen molar-refractivity contribution in [1.82, 2.24) is 14.8 Å². The molecule has 142 valence electrons. The van der Waals surface area contributed by atoms with Crippen LogP contribution in [0.5, 0.6) is 5.75 Å². The van der Waals surface area contributed by atoms with E-state index in [0.717, 1.165) is 21.3 Å². The number of benzene rings is 2. The number of nitrogens with zero attached hydrogens (tertiary/aromatic N) is 3. The first-order valence-electron chi connectivity index (χ1n) is 8.59. The van der Waals surface area contributed by atoms with E-state index in [0.29, 0.717) is 21.6 Å². The third kappa shape index (κ3) is 4.00. The van der Waals surface area contributed by atoms with Crippen LogP contribution in [0.3, 0.4) is 0 Å². The van der Waals surface area contributed by atoms with Gasteiger partial charge in [0.2, 0.25) is 0 Å². The van der Waals surface area contributed by atoms with Crippen LogP contribution in [0.15, 0.2) is 48.7 Å². The lowest BCUT2D eigenvalue weighted by Gasteiger charge is -2.07. The summed E-state index contributed by atoms with van der Waals surface area (Å²) >= 11 is 7.45. The monoisotopic (exact) mass is 412 g/mol. The molecule has 1 amide bonds. The molecule has 0 bridgehead atoms. The number of carbonyl (C=O) groups excluding carboxylic acids is 1. The van der Waals surface area contributed by atoms with Gasteiger partial charge in [-0.1, -0.05) is 29.0 Å². The first-order chi connectivity index (χ1) is 13.5. The summed E-state index contributed by atoms with van der Waals surface area (Å²) in [6.45, 7) is 4.13. The summed E-state index contributed by atoms with van der Waals surface area (Å²) < 4.78 is 8.28. The topological polar surface area (TPSA) is 69.0 Å². The molecule has 0 fully saturated rings. The van der Waals surface area contributed by atoms with E-state index in [4.69, 9.17) is 16.3 Å². The fraction of sp³-hybridized carbons (Fsp3) is 0.150. The van der Waals surface area contributed by atoms with Crippen molar-refractivity contribution in [3.05, 3.63) is 70.5 Å². The molecule has 6 nitrogen and oxygen atoms in total. The van der Waals surface area contributed by atoms with Gasteiger partial charge in [0, 0.05) is 11.2 Å². The van der Waals surface area contributed by atoms with Crippen LogP contribution in [-0.2, 0) is 6.73 Å². The van der Waals surface area contributed by atoms with Crippen LogP contribution in [-0.4, -0.2) is 20.7 Å². The van der Waals surface area contributed by atoms with Gasteiger partial charge in [0.15, 0.2) is 17.6 Å². The maximum Gasteiger partial charge on any atom is 0.277 e. The number of carbonyl (C=O) groups is 1. The average molecular weight is 413 g/mol. The molecule has 28 heavy (non-hydrogen) atoms. The van der Waals surface area contributed by atoms with Gasteiger partial charge in [0.05, 0.1) is 10.2 Å². The molecule has 0 saturated carbocycles. The maximum absolute atomic E-state index is 12.5. The third-order valence-electron chi connectivity index (χ3n) is 4.13. The number of aromatic nitrogens is 3. The van der Waals surface area contributed by atoms with E-state index in [9.17, 15) is 4.79 Å². The van der Waals surface area contributed by atoms with Gasteiger partial charge >= 0.3 is 0 Å². The molecule has 4 rings (SSSR count). The van der Waals surface area contributed by atoms with Gasteiger partial charge < -0.3 is 4.74 Å². The number of aryl methyl sites for hydroxylation is 2. The lowest BCUT2D eigenvalue weighted by atomic mass is 10.2. The largest absolute Gasteiger partial charge is 0.471 e. The molecular weight excluding hydrogens is 396 g/mol. The number of thiazole rings is 1. The molecule has 0 radical (unpaired) electrons. The molecule has 4 aromatic rings. The zero-order chi connectivity index (χ0) is 19.7. The molecule has 2 aromatic carbocycles. The Morgan fingerprint density at radius 2 is 2.07 bits per heavy atom. The zero-order valence-electron chi connectivity index (χ0n) is 15.3. The van der Waals surface area contributed by atoms with E-state index in [-0.39, 0.29) is 12.6 Å². The third-order valence-corrected chi connectivity index (χ3v) is 5.49. The Labute approximate surface area is 170 Å². The standard InChI is InChI=1S/C20H17ClN4O2S/c1-12-3-6-16-18(9-12)28-20(22-16)23-19(26)17-7-8-25(24-17)11-27-14-4-5-15(21)13(2)10-14/h3-10H,11H2,1-2H3,(H,22,23,26). The molecular formula is C20H17ClN4O2S. The Kier molecular flexibility index (Phi) is 5.02. The number of anilines is 1. The summed E-state index contributed by atoms with van der Waals surface area (Å²) in [6.07, 6.45) is 1.69. The number of amides is 1. The first-order valence-corrected chi connectivity index (χ1v) is 9.78. The molecule has 0 atom stereocenters. The quantitative estimate of drug-likeness (QED) is 0.498. The van der Waals surface area contributed by atoms with E-state index in [2.05, 4.69) is 15.4 Å². The minimum absolute atomic E-state index is 0.189. The highest BCUT2D eigenvalue weighted by atomic mass is 35.5. The molecule has 1 N–H and O–H groups in total. The van der Waals surface area contributed by atoms with E-state index in [1.807, 2.05) is 38.1 Å². The minimum Gasteiger partial charge on any atom is -0.471 e. The SMILES string of the molecule is Cc1ccc2nc(NC(=O)c3ccn(COc4ccc(Cl)c(C)c4)n3)sc2c1. The first kappa shape index (κ1) is 18.5. The van der Waals surface area contributed by atoms with Crippen molar-refractivity contribution < 1.29 is 9.53 Å². The lowest BCUT2D eigenvalue weighted by molar-refractivity contribution is 0.102. The normalized spacial score (nSPS) is 11.0. The van der Waals surface area contributed by atoms with E-state index in [1.54, 1.807) is 29.1 Å². The van der Waals surface area contributed by atoms with Crippen molar-refractivity contribution in [2.24, 2.45) is 0 Å². The molecule has 0 unspecified atom stereocenters. The van der Waals surface area contributed by atoms with Crippen LogP contribution in [0.1, 0.15) is 21.6 Å². The molecule has 0 spiro atoms. The Bertz CT molecular complexity index is 1170. The molecule has 0 aliphatic heterocycles. The van der Waals surface area contributed by atoms with Crippen LogP contribution in [0.2, 0.25) is 5.02 Å². The second-order valence-corrected chi connectivity index (χ2v) is 7.81. The summed E-state index contributed by atoms with van der Waals surface area (Å²) in [4.78, 5) is 16.9. The van der Waals surface area contributed by atoms with Crippen molar-refractivity contribution in [2.45, 2.75) is 20.6 Å². The Hall–Kier alpha value is -2.90. The van der Waals surface area contributed by atoms with Gasteiger partial charge in [-0.2, -0.15) is 5.10 Å². The number of hydrogen-bond donors (Lipinski definition) is 1.